The normalized spacial score (nSPS) is 13.2. The summed E-state index contributed by atoms with van der Waals surface area (Å²) in [5.41, 5.74) is 0.943. The molecule has 2 N–H and O–H groups in total. The molecule has 1 aromatic heterocycles. The Labute approximate surface area is 185 Å². The monoisotopic (exact) mass is 379 g/mol. The first kappa shape index (κ1) is 21.0. The van der Waals surface area contributed by atoms with Crippen LogP contribution in [0.25, 0.3) is 10.1 Å². The zero-order valence-electron chi connectivity index (χ0n) is 13.1. The molecule has 5 nitrogen and oxygen atoms in total. The smallest absolute Gasteiger partial charge is 0.548 e. The number of nitrogens with one attached hydrogen (secondary N) is 1. The molecule has 1 aromatic carbocycles. The molecule has 8 heteroatoms. The van der Waals surface area contributed by atoms with Crippen LogP contribution in [0.3, 0.4) is 0 Å². The fourth-order valence-corrected chi connectivity index (χ4v) is 3.75. The summed E-state index contributed by atoms with van der Waals surface area (Å²) in [6.45, 7) is 3.02. The summed E-state index contributed by atoms with van der Waals surface area (Å²) in [6.07, 6.45) is 0. The van der Waals surface area contributed by atoms with Crippen LogP contribution in [0.5, 0.6) is 0 Å². The van der Waals surface area contributed by atoms with Gasteiger partial charge in [-0.05, 0) is 18.6 Å². The minimum Gasteiger partial charge on any atom is -0.548 e. The third-order valence-corrected chi connectivity index (χ3v) is 5.11. The van der Waals surface area contributed by atoms with Crippen molar-refractivity contribution < 1.29 is 71.2 Å². The number of aliphatic carboxylic acids is 1. The number of benzene rings is 1. The summed E-state index contributed by atoms with van der Waals surface area (Å²) in [4.78, 5) is 23.7. The van der Waals surface area contributed by atoms with Gasteiger partial charge >= 0.3 is 51.4 Å². The summed E-state index contributed by atoms with van der Waals surface area (Å²) < 4.78 is 0.857. The molecular formula is C15H15ClKNO4S. The van der Waals surface area contributed by atoms with Crippen molar-refractivity contribution in [2.24, 2.45) is 5.92 Å². The van der Waals surface area contributed by atoms with E-state index in [1.807, 2.05) is 25.1 Å². The van der Waals surface area contributed by atoms with E-state index in [4.69, 9.17) is 16.7 Å². The second kappa shape index (κ2) is 8.91. The summed E-state index contributed by atoms with van der Waals surface area (Å²) in [5, 5.41) is 23.7. The molecule has 0 saturated carbocycles. The van der Waals surface area contributed by atoms with Crippen LogP contribution in [0.4, 0.5) is 0 Å². The Bertz CT molecular complexity index is 734. The first-order chi connectivity index (χ1) is 10.4. The van der Waals surface area contributed by atoms with E-state index in [0.29, 0.717) is 5.02 Å². The second-order valence-corrected chi connectivity index (χ2v) is 6.55. The van der Waals surface area contributed by atoms with Crippen molar-refractivity contribution in [2.75, 3.05) is 6.61 Å². The molecule has 0 aliphatic carbocycles. The molecule has 2 atom stereocenters. The Balaban J connectivity index is 0.00000264. The average molecular weight is 380 g/mol. The van der Waals surface area contributed by atoms with Crippen molar-refractivity contribution in [1.82, 2.24) is 5.32 Å². The van der Waals surface area contributed by atoms with Crippen molar-refractivity contribution in [3.05, 3.63) is 33.7 Å². The van der Waals surface area contributed by atoms with Crippen molar-refractivity contribution in [1.29, 1.82) is 0 Å². The number of aryl methyl sites for hydroxylation is 1. The van der Waals surface area contributed by atoms with Crippen molar-refractivity contribution in [2.45, 2.75) is 19.9 Å². The molecular weight excluding hydrogens is 365 g/mol. The van der Waals surface area contributed by atoms with Crippen LogP contribution in [0.2, 0.25) is 5.02 Å². The molecule has 0 aliphatic rings. The number of thiophene rings is 1. The van der Waals surface area contributed by atoms with Crippen LogP contribution in [-0.4, -0.2) is 29.6 Å². The minimum absolute atomic E-state index is 0. The Morgan fingerprint density at radius 3 is 2.61 bits per heavy atom. The Morgan fingerprint density at radius 1 is 1.43 bits per heavy atom. The number of hydrogen-bond acceptors (Lipinski definition) is 5. The third kappa shape index (κ3) is 4.55. The first-order valence-electron chi connectivity index (χ1n) is 6.67. The summed E-state index contributed by atoms with van der Waals surface area (Å²) in [7, 11) is 0. The molecule has 2 unspecified atom stereocenters. The van der Waals surface area contributed by atoms with Crippen molar-refractivity contribution in [3.63, 3.8) is 0 Å². The summed E-state index contributed by atoms with van der Waals surface area (Å²) in [6, 6.07) is 4.33. The zero-order valence-corrected chi connectivity index (χ0v) is 17.7. The number of halogens is 1. The van der Waals surface area contributed by atoms with E-state index < -0.39 is 23.8 Å². The van der Waals surface area contributed by atoms with Gasteiger partial charge < -0.3 is 20.3 Å². The van der Waals surface area contributed by atoms with Gasteiger partial charge in [0.15, 0.2) is 0 Å². The molecule has 0 radical (unpaired) electrons. The number of fused-ring (bicyclic) bond motifs is 1. The number of hydrogen-bond donors (Lipinski definition) is 2. The number of carbonyl (C=O) groups excluding carboxylic acids is 2. The SMILES string of the molecule is Cc1cccc2sc(C(=O)NC(C(=O)[O-])C(C)CO)c(Cl)c12.[K+]. The van der Waals surface area contributed by atoms with Gasteiger partial charge in [-0.3, -0.25) is 4.79 Å². The predicted molar refractivity (Wildman–Crippen MR) is 84.1 cm³/mol. The maximum atomic E-state index is 12.3. The van der Waals surface area contributed by atoms with E-state index in [-0.39, 0.29) is 62.9 Å². The molecule has 118 valence electrons. The maximum absolute atomic E-state index is 12.3. The molecule has 1 amide bonds. The van der Waals surface area contributed by atoms with Crippen molar-refractivity contribution in [3.8, 4) is 0 Å². The van der Waals surface area contributed by atoms with Crippen LogP contribution in [-0.2, 0) is 4.79 Å². The number of rotatable bonds is 5. The number of carboxylic acid groups (broad SMARTS) is 1. The molecule has 0 aliphatic heterocycles. The van der Waals surface area contributed by atoms with E-state index in [1.165, 1.54) is 18.3 Å². The Kier molecular flexibility index (Phi) is 8.16. The maximum Gasteiger partial charge on any atom is 1.00 e. The topological polar surface area (TPSA) is 89.5 Å². The van der Waals surface area contributed by atoms with Gasteiger partial charge in [0.1, 0.15) is 4.88 Å². The van der Waals surface area contributed by atoms with E-state index in [2.05, 4.69) is 5.32 Å². The quantitative estimate of drug-likeness (QED) is 0.609. The van der Waals surface area contributed by atoms with Gasteiger partial charge in [-0.25, -0.2) is 0 Å². The van der Waals surface area contributed by atoms with Crippen LogP contribution in [0.1, 0.15) is 22.2 Å². The fourth-order valence-electron chi connectivity index (χ4n) is 2.17. The second-order valence-electron chi connectivity index (χ2n) is 5.12. The number of amides is 1. The fraction of sp³-hybridized carbons (Fsp3) is 0.333. The summed E-state index contributed by atoms with van der Waals surface area (Å²) >= 11 is 7.47. The van der Waals surface area contributed by atoms with E-state index in [1.54, 1.807) is 0 Å². The van der Waals surface area contributed by atoms with E-state index >= 15 is 0 Å². The van der Waals surface area contributed by atoms with Gasteiger partial charge in [0, 0.05) is 22.6 Å². The van der Waals surface area contributed by atoms with Gasteiger partial charge in [0.05, 0.1) is 17.0 Å². The first-order valence-corrected chi connectivity index (χ1v) is 7.86. The van der Waals surface area contributed by atoms with Gasteiger partial charge in [0.2, 0.25) is 0 Å². The molecule has 1 heterocycles. The molecule has 23 heavy (non-hydrogen) atoms. The van der Waals surface area contributed by atoms with Crippen molar-refractivity contribution >= 4 is 44.9 Å². The van der Waals surface area contributed by atoms with Gasteiger partial charge in [0.25, 0.3) is 5.91 Å². The number of carboxylic acids is 1. The van der Waals surface area contributed by atoms with Crippen LogP contribution in [0, 0.1) is 12.8 Å². The molecule has 2 aromatic rings. The summed E-state index contributed by atoms with van der Waals surface area (Å²) in [5.74, 6) is -2.69. The average Bonchev–Trinajstić information content (AvgIpc) is 2.82. The minimum atomic E-state index is -1.44. The molecule has 0 bridgehead atoms. The Morgan fingerprint density at radius 2 is 2.09 bits per heavy atom. The Hall–Kier alpha value is 0.00636. The van der Waals surface area contributed by atoms with Gasteiger partial charge in [-0.15, -0.1) is 11.3 Å². The molecule has 0 fully saturated rings. The number of aliphatic hydroxyl groups is 1. The number of aliphatic hydroxyl groups excluding tert-OH is 1. The largest absolute Gasteiger partial charge is 1.00 e. The number of carbonyl (C=O) groups is 2. The molecule has 0 saturated heterocycles. The van der Waals surface area contributed by atoms with Gasteiger partial charge in [-0.1, -0.05) is 30.7 Å². The predicted octanol–water partition coefficient (Wildman–Crippen LogP) is -1.66. The third-order valence-electron chi connectivity index (χ3n) is 3.47. The van der Waals surface area contributed by atoms with Gasteiger partial charge in [-0.2, -0.15) is 0 Å². The standard InChI is InChI=1S/C15H16ClNO4S.K/c1-7-4-3-5-9-10(7)11(16)13(22-9)14(19)17-12(15(20)21)8(2)6-18;/h3-5,8,12,18H,6H2,1-2H3,(H,17,19)(H,20,21);/q;+1/p-1. The van der Waals surface area contributed by atoms with Crippen LogP contribution in [0.15, 0.2) is 18.2 Å². The molecule has 2 rings (SSSR count). The van der Waals surface area contributed by atoms with E-state index in [0.717, 1.165) is 15.6 Å². The zero-order chi connectivity index (χ0) is 16.4. The van der Waals surface area contributed by atoms with Crippen LogP contribution >= 0.6 is 22.9 Å². The van der Waals surface area contributed by atoms with Crippen LogP contribution < -0.4 is 61.8 Å². The molecule has 0 spiro atoms. The van der Waals surface area contributed by atoms with E-state index in [9.17, 15) is 14.7 Å².